The average Bonchev–Trinajstić information content (AvgIpc) is 2.90. The van der Waals surface area contributed by atoms with E-state index < -0.39 is 0 Å². The highest BCUT2D eigenvalue weighted by atomic mass is 35.5. The number of hydrogen-bond acceptors (Lipinski definition) is 5. The van der Waals surface area contributed by atoms with Crippen LogP contribution in [0, 0.1) is 0 Å². The van der Waals surface area contributed by atoms with Crippen LogP contribution in [0.25, 0.3) is 0 Å². The Morgan fingerprint density at radius 1 is 0.889 bits per heavy atom. The maximum atomic E-state index is 13.2. The number of benzene rings is 2. The number of hydrogen-bond donors (Lipinski definition) is 0. The Kier molecular flexibility index (Phi) is 10.2. The monoisotopic (exact) mass is 512 g/mol. The van der Waals surface area contributed by atoms with Crippen molar-refractivity contribution in [3.05, 3.63) is 92.8 Å². The molecule has 0 atom stereocenters. The van der Waals surface area contributed by atoms with E-state index >= 15 is 0 Å². The number of anilines is 1. The number of aromatic nitrogens is 2. The molecule has 2 heterocycles. The van der Waals surface area contributed by atoms with Crippen LogP contribution in [0.5, 0.6) is 5.75 Å². The number of aryl methyl sites for hydroxylation is 1. The van der Waals surface area contributed by atoms with E-state index in [-0.39, 0.29) is 23.7 Å². The van der Waals surface area contributed by atoms with Crippen LogP contribution < -0.4 is 20.9 Å². The van der Waals surface area contributed by atoms with Crippen LogP contribution in [-0.2, 0) is 19.5 Å². The van der Waals surface area contributed by atoms with Gasteiger partial charge in [-0.25, -0.2) is 4.79 Å². The van der Waals surface area contributed by atoms with Gasteiger partial charge in [-0.3, -0.25) is 18.8 Å². The molecule has 4 rings (SSSR count). The molecule has 3 aromatic rings. The third-order valence-corrected chi connectivity index (χ3v) is 6.68. The highest BCUT2D eigenvalue weighted by Gasteiger charge is 2.19. The second-order valence-corrected chi connectivity index (χ2v) is 9.11. The van der Waals surface area contributed by atoms with Crippen LogP contribution >= 0.6 is 12.4 Å². The van der Waals surface area contributed by atoms with E-state index in [1.807, 2.05) is 48.5 Å². The van der Waals surface area contributed by atoms with Gasteiger partial charge >= 0.3 is 5.69 Å². The van der Waals surface area contributed by atoms with Gasteiger partial charge < -0.3 is 9.64 Å². The van der Waals surface area contributed by atoms with E-state index in [0.29, 0.717) is 25.1 Å². The summed E-state index contributed by atoms with van der Waals surface area (Å²) < 4.78 is 8.65. The van der Waals surface area contributed by atoms with Crippen molar-refractivity contribution in [2.75, 3.05) is 44.7 Å². The lowest BCUT2D eigenvalue weighted by Gasteiger charge is -2.36. The zero-order valence-corrected chi connectivity index (χ0v) is 22.1. The number of piperazine rings is 1. The van der Waals surface area contributed by atoms with Crippen LogP contribution in [-0.4, -0.2) is 53.9 Å². The molecule has 7 nitrogen and oxygen atoms in total. The molecule has 0 aliphatic carbocycles. The van der Waals surface area contributed by atoms with Gasteiger partial charge in [0.05, 0.1) is 19.3 Å². The summed E-state index contributed by atoms with van der Waals surface area (Å²) >= 11 is 0. The molecule has 0 N–H and O–H groups in total. The van der Waals surface area contributed by atoms with Gasteiger partial charge in [0.15, 0.2) is 0 Å². The van der Waals surface area contributed by atoms with E-state index in [1.54, 1.807) is 17.9 Å². The number of rotatable bonds is 10. The molecule has 0 unspecified atom stereocenters. The van der Waals surface area contributed by atoms with E-state index in [0.717, 1.165) is 62.6 Å². The van der Waals surface area contributed by atoms with Crippen LogP contribution in [0.1, 0.15) is 30.9 Å². The first-order valence-electron chi connectivity index (χ1n) is 12.6. The molecule has 36 heavy (non-hydrogen) atoms. The summed E-state index contributed by atoms with van der Waals surface area (Å²) in [6, 6.07) is 18.0. The van der Waals surface area contributed by atoms with Crippen molar-refractivity contribution in [1.82, 2.24) is 14.0 Å². The van der Waals surface area contributed by atoms with Crippen LogP contribution in [0.15, 0.2) is 70.4 Å². The second-order valence-electron chi connectivity index (χ2n) is 9.11. The predicted octanol–water partition coefficient (Wildman–Crippen LogP) is 3.65. The van der Waals surface area contributed by atoms with E-state index in [4.69, 9.17) is 4.74 Å². The molecular weight excluding hydrogens is 476 g/mol. The summed E-state index contributed by atoms with van der Waals surface area (Å²) in [7, 11) is 1.71. The normalized spacial score (nSPS) is 13.9. The van der Waals surface area contributed by atoms with Gasteiger partial charge in [-0.15, -0.1) is 12.4 Å². The molecule has 1 saturated heterocycles. The summed E-state index contributed by atoms with van der Waals surface area (Å²) in [5.74, 6) is 0.902. The summed E-state index contributed by atoms with van der Waals surface area (Å²) in [5.41, 5.74) is 2.54. The van der Waals surface area contributed by atoms with E-state index in [2.05, 4.69) is 22.8 Å². The largest absolute Gasteiger partial charge is 0.495 e. The minimum atomic E-state index is -0.223. The van der Waals surface area contributed by atoms with Crippen LogP contribution in [0.3, 0.4) is 0 Å². The highest BCUT2D eigenvalue weighted by molar-refractivity contribution is 5.85. The van der Waals surface area contributed by atoms with Gasteiger partial charge in [0, 0.05) is 44.5 Å². The second kappa shape index (κ2) is 13.3. The Bertz CT molecular complexity index is 1220. The number of ether oxygens (including phenoxy) is 1. The molecule has 0 spiro atoms. The number of methoxy groups -OCH3 is 1. The van der Waals surface area contributed by atoms with Gasteiger partial charge in [-0.1, -0.05) is 55.8 Å². The summed E-state index contributed by atoms with van der Waals surface area (Å²) in [5, 5.41) is 0. The van der Waals surface area contributed by atoms with Crippen molar-refractivity contribution in [3.8, 4) is 5.75 Å². The maximum Gasteiger partial charge on any atom is 0.331 e. The first-order chi connectivity index (χ1) is 17.1. The molecule has 8 heteroatoms. The van der Waals surface area contributed by atoms with Gasteiger partial charge in [0.2, 0.25) is 0 Å². The molecule has 2 aromatic carbocycles. The van der Waals surface area contributed by atoms with Gasteiger partial charge in [-0.2, -0.15) is 0 Å². The number of halogens is 1. The summed E-state index contributed by atoms with van der Waals surface area (Å²) in [6.45, 7) is 7.58. The van der Waals surface area contributed by atoms with Crippen LogP contribution in [0.2, 0.25) is 0 Å². The van der Waals surface area contributed by atoms with Crippen molar-refractivity contribution in [3.63, 3.8) is 0 Å². The number of para-hydroxylation sites is 2. The third-order valence-electron chi connectivity index (χ3n) is 6.68. The fraction of sp³-hybridized carbons (Fsp3) is 0.429. The molecule has 0 radical (unpaired) electrons. The lowest BCUT2D eigenvalue weighted by atomic mass is 10.2. The van der Waals surface area contributed by atoms with Gasteiger partial charge in [-0.05, 0) is 37.1 Å². The first kappa shape index (κ1) is 27.6. The van der Waals surface area contributed by atoms with Crippen molar-refractivity contribution in [1.29, 1.82) is 0 Å². The quantitative estimate of drug-likeness (QED) is 0.415. The van der Waals surface area contributed by atoms with Gasteiger partial charge in [0.25, 0.3) is 5.56 Å². The molecule has 0 saturated carbocycles. The lowest BCUT2D eigenvalue weighted by molar-refractivity contribution is 0.248. The molecule has 1 aromatic heterocycles. The third kappa shape index (κ3) is 6.59. The lowest BCUT2D eigenvalue weighted by Crippen LogP contribution is -2.47. The highest BCUT2D eigenvalue weighted by Crippen LogP contribution is 2.28. The fourth-order valence-electron chi connectivity index (χ4n) is 4.80. The zero-order chi connectivity index (χ0) is 24.6. The van der Waals surface area contributed by atoms with Crippen molar-refractivity contribution >= 4 is 18.1 Å². The Morgan fingerprint density at radius 2 is 1.58 bits per heavy atom. The van der Waals surface area contributed by atoms with Crippen molar-refractivity contribution < 1.29 is 4.74 Å². The topological polar surface area (TPSA) is 59.7 Å². The molecule has 0 amide bonds. The molecule has 0 bridgehead atoms. The average molecular weight is 513 g/mol. The zero-order valence-electron chi connectivity index (χ0n) is 21.3. The van der Waals surface area contributed by atoms with E-state index in [1.165, 1.54) is 4.57 Å². The number of nitrogens with zero attached hydrogens (tertiary/aromatic N) is 4. The molecule has 194 valence electrons. The molecule has 1 aliphatic rings. The Labute approximate surface area is 219 Å². The Hall–Kier alpha value is -3.03. The van der Waals surface area contributed by atoms with Gasteiger partial charge in [0.1, 0.15) is 5.75 Å². The first-order valence-corrected chi connectivity index (χ1v) is 12.6. The minimum Gasteiger partial charge on any atom is -0.495 e. The maximum absolute atomic E-state index is 13.2. The SMILES string of the molecule is CCCc1cn(Cc2ccccc2)c(=O)n(CCCN2CCN(c3ccccc3OC)CC2)c1=O.Cl. The smallest absolute Gasteiger partial charge is 0.331 e. The Balaban J connectivity index is 0.00000361. The van der Waals surface area contributed by atoms with Crippen LogP contribution in [0.4, 0.5) is 5.69 Å². The predicted molar refractivity (Wildman–Crippen MR) is 148 cm³/mol. The standard InChI is InChI=1S/C28H36N4O3.ClH/c1-3-10-24-22-31(21-23-11-5-4-6-12-23)28(34)32(27(24)33)16-9-15-29-17-19-30(20-18-29)25-13-7-8-14-26(25)35-2;/h4-8,11-14,22H,3,9-10,15-21H2,1-2H3;1H. The fourth-order valence-corrected chi connectivity index (χ4v) is 4.80. The summed E-state index contributed by atoms with van der Waals surface area (Å²) in [4.78, 5) is 31.0. The molecule has 1 aliphatic heterocycles. The Morgan fingerprint density at radius 3 is 2.28 bits per heavy atom. The minimum absolute atomic E-state index is 0. The summed E-state index contributed by atoms with van der Waals surface area (Å²) in [6.07, 6.45) is 4.08. The van der Waals surface area contributed by atoms with E-state index in [9.17, 15) is 9.59 Å². The molecule has 1 fully saturated rings. The molecular formula is C28H37ClN4O3. The van der Waals surface area contributed by atoms with Crippen molar-refractivity contribution in [2.45, 2.75) is 39.3 Å². The van der Waals surface area contributed by atoms with Crippen molar-refractivity contribution in [2.24, 2.45) is 0 Å².